The molecule has 16 heavy (non-hydrogen) atoms. The molecule has 0 spiro atoms. The summed E-state index contributed by atoms with van der Waals surface area (Å²) in [6, 6.07) is 0. The van der Waals surface area contributed by atoms with Crippen LogP contribution in [0.5, 0.6) is 0 Å². The molecule has 1 aliphatic rings. The van der Waals surface area contributed by atoms with E-state index >= 15 is 0 Å². The van der Waals surface area contributed by atoms with E-state index in [1.807, 2.05) is 0 Å². The molecule has 1 saturated heterocycles. The van der Waals surface area contributed by atoms with Gasteiger partial charge in [-0.25, -0.2) is 0 Å². The second-order valence-corrected chi connectivity index (χ2v) is 5.78. The fraction of sp³-hybridized carbons (Fsp3) is 0.833. The van der Waals surface area contributed by atoms with Crippen molar-refractivity contribution in [1.29, 1.82) is 0 Å². The van der Waals surface area contributed by atoms with Crippen LogP contribution < -0.4 is 0 Å². The van der Waals surface area contributed by atoms with Crippen LogP contribution in [-0.4, -0.2) is 35.2 Å². The van der Waals surface area contributed by atoms with E-state index in [2.05, 4.69) is 42.9 Å². The number of nitrogens with zero attached hydrogens (tertiary/aromatic N) is 3. The molecular formula is C12H21N3O. The Balaban J connectivity index is 2.08. The SMILES string of the molecule is CN1CCC(c2nc(C(C)(C)C)no2)CC1. The standard InChI is InChI=1S/C12H21N3O/c1-12(2,3)11-13-10(16-14-11)9-5-7-15(4)8-6-9/h9H,5-8H2,1-4H3. The van der Waals surface area contributed by atoms with Crippen molar-refractivity contribution in [2.75, 3.05) is 20.1 Å². The van der Waals surface area contributed by atoms with E-state index in [0.717, 1.165) is 37.6 Å². The first-order valence-corrected chi connectivity index (χ1v) is 5.99. The Bertz CT molecular complexity index is 345. The third-order valence-corrected chi connectivity index (χ3v) is 3.18. The van der Waals surface area contributed by atoms with E-state index < -0.39 is 0 Å². The van der Waals surface area contributed by atoms with Crippen LogP contribution in [0.1, 0.15) is 51.2 Å². The lowest BCUT2D eigenvalue weighted by molar-refractivity contribution is 0.227. The van der Waals surface area contributed by atoms with Crippen LogP contribution in [0.25, 0.3) is 0 Å². The monoisotopic (exact) mass is 223 g/mol. The molecule has 0 unspecified atom stereocenters. The molecular weight excluding hydrogens is 202 g/mol. The number of aromatic nitrogens is 2. The Labute approximate surface area is 97.0 Å². The topological polar surface area (TPSA) is 42.2 Å². The predicted molar refractivity (Wildman–Crippen MR) is 62.5 cm³/mol. The highest BCUT2D eigenvalue weighted by molar-refractivity contribution is 5.03. The molecule has 4 nitrogen and oxygen atoms in total. The molecule has 0 N–H and O–H groups in total. The Morgan fingerprint density at radius 1 is 1.25 bits per heavy atom. The number of piperidine rings is 1. The minimum Gasteiger partial charge on any atom is -0.339 e. The van der Waals surface area contributed by atoms with Crippen molar-refractivity contribution in [3.05, 3.63) is 11.7 Å². The van der Waals surface area contributed by atoms with Crippen molar-refractivity contribution >= 4 is 0 Å². The van der Waals surface area contributed by atoms with Crippen LogP contribution in [0.2, 0.25) is 0 Å². The van der Waals surface area contributed by atoms with Crippen LogP contribution in [0.4, 0.5) is 0 Å². The van der Waals surface area contributed by atoms with E-state index in [1.165, 1.54) is 0 Å². The van der Waals surface area contributed by atoms with Gasteiger partial charge in [-0.05, 0) is 33.0 Å². The Kier molecular flexibility index (Phi) is 3.02. The van der Waals surface area contributed by atoms with Gasteiger partial charge in [0.25, 0.3) is 0 Å². The van der Waals surface area contributed by atoms with Crippen LogP contribution in [0.15, 0.2) is 4.52 Å². The van der Waals surface area contributed by atoms with Crippen LogP contribution >= 0.6 is 0 Å². The molecule has 1 fully saturated rings. The van der Waals surface area contributed by atoms with Crippen molar-refractivity contribution < 1.29 is 4.52 Å². The maximum Gasteiger partial charge on any atom is 0.229 e. The van der Waals surface area contributed by atoms with Crippen molar-refractivity contribution in [2.45, 2.75) is 44.9 Å². The summed E-state index contributed by atoms with van der Waals surface area (Å²) in [6.45, 7) is 8.57. The van der Waals surface area contributed by atoms with E-state index in [0.29, 0.717) is 5.92 Å². The lowest BCUT2D eigenvalue weighted by atomic mass is 9.95. The predicted octanol–water partition coefficient (Wildman–Crippen LogP) is 2.18. The average molecular weight is 223 g/mol. The molecule has 0 saturated carbocycles. The molecule has 0 atom stereocenters. The van der Waals surface area contributed by atoms with Gasteiger partial charge >= 0.3 is 0 Å². The molecule has 0 aliphatic carbocycles. The summed E-state index contributed by atoms with van der Waals surface area (Å²) >= 11 is 0. The minimum atomic E-state index is -0.0206. The summed E-state index contributed by atoms with van der Waals surface area (Å²) in [5, 5.41) is 4.08. The lowest BCUT2D eigenvalue weighted by Gasteiger charge is -2.26. The number of rotatable bonds is 1. The van der Waals surface area contributed by atoms with E-state index in [1.54, 1.807) is 0 Å². The lowest BCUT2D eigenvalue weighted by Crippen LogP contribution is -2.29. The smallest absolute Gasteiger partial charge is 0.229 e. The summed E-state index contributed by atoms with van der Waals surface area (Å²) in [5.74, 6) is 2.11. The molecule has 1 aliphatic heterocycles. The number of likely N-dealkylation sites (tertiary alicyclic amines) is 1. The van der Waals surface area contributed by atoms with Gasteiger partial charge in [0.05, 0.1) is 0 Å². The van der Waals surface area contributed by atoms with Gasteiger partial charge in [-0.15, -0.1) is 0 Å². The first-order chi connectivity index (χ1) is 7.47. The highest BCUT2D eigenvalue weighted by Crippen LogP contribution is 2.28. The third-order valence-electron chi connectivity index (χ3n) is 3.18. The third kappa shape index (κ3) is 2.43. The largest absolute Gasteiger partial charge is 0.339 e. The Hall–Kier alpha value is -0.900. The minimum absolute atomic E-state index is 0.0206. The summed E-state index contributed by atoms with van der Waals surface area (Å²) < 4.78 is 5.39. The molecule has 2 rings (SSSR count). The Morgan fingerprint density at radius 2 is 1.88 bits per heavy atom. The molecule has 4 heteroatoms. The zero-order chi connectivity index (χ0) is 11.8. The fourth-order valence-electron chi connectivity index (χ4n) is 1.96. The summed E-state index contributed by atoms with van der Waals surface area (Å²) in [4.78, 5) is 6.88. The second-order valence-electron chi connectivity index (χ2n) is 5.78. The van der Waals surface area contributed by atoms with Gasteiger partial charge in [0.2, 0.25) is 5.89 Å². The second kappa shape index (κ2) is 4.17. The van der Waals surface area contributed by atoms with Crippen molar-refractivity contribution in [3.63, 3.8) is 0 Å². The van der Waals surface area contributed by atoms with E-state index in [4.69, 9.17) is 4.52 Å². The summed E-state index contributed by atoms with van der Waals surface area (Å²) in [7, 11) is 2.16. The first-order valence-electron chi connectivity index (χ1n) is 5.99. The van der Waals surface area contributed by atoms with E-state index in [-0.39, 0.29) is 5.41 Å². The molecule has 2 heterocycles. The van der Waals surface area contributed by atoms with Crippen molar-refractivity contribution in [3.8, 4) is 0 Å². The van der Waals surface area contributed by atoms with Gasteiger partial charge in [0.15, 0.2) is 5.82 Å². The van der Waals surface area contributed by atoms with Gasteiger partial charge < -0.3 is 9.42 Å². The van der Waals surface area contributed by atoms with Gasteiger partial charge in [0.1, 0.15) is 0 Å². The molecule has 1 aromatic rings. The van der Waals surface area contributed by atoms with Gasteiger partial charge in [-0.2, -0.15) is 4.98 Å². The summed E-state index contributed by atoms with van der Waals surface area (Å²) in [6.07, 6.45) is 2.25. The van der Waals surface area contributed by atoms with Gasteiger partial charge in [0, 0.05) is 11.3 Å². The summed E-state index contributed by atoms with van der Waals surface area (Å²) in [5.41, 5.74) is -0.0206. The highest BCUT2D eigenvalue weighted by atomic mass is 16.5. The van der Waals surface area contributed by atoms with Gasteiger partial charge in [-0.1, -0.05) is 25.9 Å². The zero-order valence-corrected chi connectivity index (χ0v) is 10.7. The Morgan fingerprint density at radius 3 is 2.38 bits per heavy atom. The molecule has 0 bridgehead atoms. The van der Waals surface area contributed by atoms with Crippen molar-refractivity contribution in [2.24, 2.45) is 0 Å². The fourth-order valence-corrected chi connectivity index (χ4v) is 1.96. The zero-order valence-electron chi connectivity index (χ0n) is 10.7. The number of hydrogen-bond donors (Lipinski definition) is 0. The number of hydrogen-bond acceptors (Lipinski definition) is 4. The van der Waals surface area contributed by atoms with Crippen LogP contribution in [0.3, 0.4) is 0 Å². The van der Waals surface area contributed by atoms with E-state index in [9.17, 15) is 0 Å². The molecule has 90 valence electrons. The van der Waals surface area contributed by atoms with Crippen LogP contribution in [0, 0.1) is 0 Å². The van der Waals surface area contributed by atoms with Gasteiger partial charge in [-0.3, -0.25) is 0 Å². The molecule has 0 amide bonds. The molecule has 0 aromatic carbocycles. The molecule has 0 radical (unpaired) electrons. The van der Waals surface area contributed by atoms with Crippen molar-refractivity contribution in [1.82, 2.24) is 15.0 Å². The molecule has 1 aromatic heterocycles. The quantitative estimate of drug-likeness (QED) is 0.731. The maximum absolute atomic E-state index is 5.39. The average Bonchev–Trinajstić information content (AvgIpc) is 2.67. The van der Waals surface area contributed by atoms with Crippen LogP contribution in [-0.2, 0) is 5.41 Å². The normalized spacial score (nSPS) is 20.2. The maximum atomic E-state index is 5.39. The first kappa shape index (κ1) is 11.6. The highest BCUT2D eigenvalue weighted by Gasteiger charge is 2.26.